The second-order valence-corrected chi connectivity index (χ2v) is 3.39. The minimum atomic E-state index is 0.262. The van der Waals surface area contributed by atoms with Crippen molar-refractivity contribution in [2.75, 3.05) is 5.73 Å². The summed E-state index contributed by atoms with van der Waals surface area (Å²) in [6, 6.07) is 1.98. The lowest BCUT2D eigenvalue weighted by Crippen LogP contribution is -1.96. The predicted octanol–water partition coefficient (Wildman–Crippen LogP) is 1.02. The van der Waals surface area contributed by atoms with Crippen molar-refractivity contribution in [2.24, 2.45) is 24.3 Å². The van der Waals surface area contributed by atoms with Gasteiger partial charge in [0.1, 0.15) is 23.1 Å². The zero-order chi connectivity index (χ0) is 12.4. The highest BCUT2D eigenvalue weighted by atomic mass is 15.3. The van der Waals surface area contributed by atoms with Gasteiger partial charge in [0.05, 0.1) is 6.20 Å². The van der Waals surface area contributed by atoms with Crippen molar-refractivity contribution in [2.45, 2.75) is 0 Å². The average molecular weight is 230 g/mol. The van der Waals surface area contributed by atoms with E-state index >= 15 is 0 Å². The summed E-state index contributed by atoms with van der Waals surface area (Å²) < 4.78 is 2.98. The molecule has 0 atom stereocenters. The molecule has 2 aromatic heterocycles. The number of rotatable bonds is 2. The molecule has 8 heteroatoms. The lowest BCUT2D eigenvalue weighted by Gasteiger charge is -1.92. The van der Waals surface area contributed by atoms with Crippen LogP contribution < -0.4 is 5.73 Å². The highest BCUT2D eigenvalue weighted by Gasteiger charge is 2.07. The third-order valence-corrected chi connectivity index (χ3v) is 2.15. The standard InChI is InChI=1S/C9H10N8/c1-16-5-6(3-10)9(15-16)14-13-7-4-12-17(2)8(7)11/h4-5H,11H2,1-2H3. The number of anilines is 1. The van der Waals surface area contributed by atoms with E-state index in [2.05, 4.69) is 20.4 Å². The monoisotopic (exact) mass is 230 g/mol. The van der Waals surface area contributed by atoms with Crippen LogP contribution in [0.5, 0.6) is 0 Å². The first kappa shape index (κ1) is 10.8. The number of hydrogen-bond acceptors (Lipinski definition) is 6. The zero-order valence-corrected chi connectivity index (χ0v) is 9.36. The van der Waals surface area contributed by atoms with E-state index in [1.165, 1.54) is 15.6 Å². The summed E-state index contributed by atoms with van der Waals surface area (Å²) in [6.07, 6.45) is 3.06. The predicted molar refractivity (Wildman–Crippen MR) is 59.7 cm³/mol. The van der Waals surface area contributed by atoms with Crippen molar-refractivity contribution >= 4 is 17.3 Å². The Labute approximate surface area is 97.0 Å². The van der Waals surface area contributed by atoms with Gasteiger partial charge in [0.25, 0.3) is 0 Å². The van der Waals surface area contributed by atoms with E-state index in [1.807, 2.05) is 6.07 Å². The van der Waals surface area contributed by atoms with Crippen LogP contribution in [0.4, 0.5) is 17.3 Å². The number of nitrogens with zero attached hydrogens (tertiary/aromatic N) is 7. The minimum absolute atomic E-state index is 0.262. The van der Waals surface area contributed by atoms with E-state index in [-0.39, 0.29) is 5.82 Å². The van der Waals surface area contributed by atoms with Gasteiger partial charge in [0, 0.05) is 20.3 Å². The summed E-state index contributed by atoms with van der Waals surface area (Å²) in [5.41, 5.74) is 6.50. The number of azo groups is 1. The molecular formula is C9H10N8. The zero-order valence-electron chi connectivity index (χ0n) is 9.36. The number of nitrogen functional groups attached to an aromatic ring is 1. The third kappa shape index (κ3) is 1.98. The van der Waals surface area contributed by atoms with Crippen molar-refractivity contribution in [3.05, 3.63) is 18.0 Å². The van der Waals surface area contributed by atoms with Crippen LogP contribution in [-0.4, -0.2) is 19.6 Å². The molecule has 2 rings (SSSR count). The quantitative estimate of drug-likeness (QED) is 0.776. The van der Waals surface area contributed by atoms with E-state index in [0.717, 1.165) is 0 Å². The first-order valence-electron chi connectivity index (χ1n) is 4.74. The number of hydrogen-bond donors (Lipinski definition) is 1. The van der Waals surface area contributed by atoms with Gasteiger partial charge in [-0.05, 0) is 0 Å². The molecule has 2 heterocycles. The molecular weight excluding hydrogens is 220 g/mol. The highest BCUT2D eigenvalue weighted by molar-refractivity contribution is 5.56. The Morgan fingerprint density at radius 2 is 2.18 bits per heavy atom. The molecule has 0 amide bonds. The Hall–Kier alpha value is -2.69. The summed E-state index contributed by atoms with van der Waals surface area (Å²) in [7, 11) is 3.41. The van der Waals surface area contributed by atoms with Gasteiger partial charge < -0.3 is 5.73 Å². The summed E-state index contributed by atoms with van der Waals surface area (Å²) in [5.74, 6) is 0.668. The molecule has 0 unspecified atom stereocenters. The second-order valence-electron chi connectivity index (χ2n) is 3.39. The maximum Gasteiger partial charge on any atom is 0.213 e. The third-order valence-electron chi connectivity index (χ3n) is 2.15. The average Bonchev–Trinajstić information content (AvgIpc) is 2.82. The van der Waals surface area contributed by atoms with Crippen LogP contribution in [-0.2, 0) is 14.1 Å². The van der Waals surface area contributed by atoms with Crippen LogP contribution in [0.25, 0.3) is 0 Å². The van der Waals surface area contributed by atoms with Gasteiger partial charge in [-0.3, -0.25) is 9.36 Å². The van der Waals surface area contributed by atoms with Gasteiger partial charge in [-0.25, -0.2) is 0 Å². The number of nitrogens with two attached hydrogens (primary N) is 1. The molecule has 0 fully saturated rings. The van der Waals surface area contributed by atoms with Crippen molar-refractivity contribution in [3.63, 3.8) is 0 Å². The molecule has 0 aliphatic carbocycles. The van der Waals surface area contributed by atoms with Gasteiger partial charge in [0.2, 0.25) is 5.82 Å². The van der Waals surface area contributed by atoms with Gasteiger partial charge in [-0.15, -0.1) is 15.3 Å². The Morgan fingerprint density at radius 1 is 1.41 bits per heavy atom. The molecule has 0 spiro atoms. The van der Waals surface area contributed by atoms with E-state index in [0.29, 0.717) is 17.1 Å². The molecule has 8 nitrogen and oxygen atoms in total. The lowest BCUT2D eigenvalue weighted by atomic mass is 10.4. The fourth-order valence-electron chi connectivity index (χ4n) is 1.24. The van der Waals surface area contributed by atoms with Crippen LogP contribution in [0.2, 0.25) is 0 Å². The maximum absolute atomic E-state index is 8.84. The Kier molecular flexibility index (Phi) is 2.58. The topological polar surface area (TPSA) is 110 Å². The van der Waals surface area contributed by atoms with Gasteiger partial charge >= 0.3 is 0 Å². The Balaban J connectivity index is 2.32. The molecule has 0 saturated heterocycles. The van der Waals surface area contributed by atoms with Gasteiger partial charge in [-0.1, -0.05) is 0 Å². The molecule has 0 bridgehead atoms. The highest BCUT2D eigenvalue weighted by Crippen LogP contribution is 2.23. The molecule has 2 N–H and O–H groups in total. The summed E-state index contributed by atoms with van der Waals surface area (Å²) in [4.78, 5) is 0. The van der Waals surface area contributed by atoms with Crippen LogP contribution in [0.1, 0.15) is 5.56 Å². The lowest BCUT2D eigenvalue weighted by molar-refractivity contribution is 0.766. The summed E-state index contributed by atoms with van der Waals surface area (Å²) in [5, 5.41) is 24.6. The van der Waals surface area contributed by atoms with E-state index in [4.69, 9.17) is 11.0 Å². The molecule has 86 valence electrons. The molecule has 0 aliphatic heterocycles. The van der Waals surface area contributed by atoms with E-state index in [1.54, 1.807) is 20.3 Å². The smallest absolute Gasteiger partial charge is 0.213 e. The van der Waals surface area contributed by atoms with Crippen molar-refractivity contribution < 1.29 is 0 Å². The second kappa shape index (κ2) is 4.05. The summed E-state index contributed by atoms with van der Waals surface area (Å²) in [6.45, 7) is 0. The van der Waals surface area contributed by atoms with Gasteiger partial charge in [-0.2, -0.15) is 10.4 Å². The van der Waals surface area contributed by atoms with Crippen molar-refractivity contribution in [1.82, 2.24) is 19.6 Å². The largest absolute Gasteiger partial charge is 0.382 e. The summed E-state index contributed by atoms with van der Waals surface area (Å²) >= 11 is 0. The molecule has 0 aliphatic rings. The Morgan fingerprint density at radius 3 is 2.76 bits per heavy atom. The van der Waals surface area contributed by atoms with Crippen LogP contribution in [0, 0.1) is 11.3 Å². The van der Waals surface area contributed by atoms with E-state index in [9.17, 15) is 0 Å². The fourth-order valence-corrected chi connectivity index (χ4v) is 1.24. The SMILES string of the molecule is Cn1cc(C#N)c(N=Nc2cnn(C)c2N)n1. The van der Waals surface area contributed by atoms with E-state index < -0.39 is 0 Å². The van der Waals surface area contributed by atoms with Crippen LogP contribution in [0.3, 0.4) is 0 Å². The maximum atomic E-state index is 8.84. The normalized spacial score (nSPS) is 10.9. The first-order valence-corrected chi connectivity index (χ1v) is 4.74. The Bertz CT molecular complexity index is 611. The number of nitriles is 1. The van der Waals surface area contributed by atoms with Crippen molar-refractivity contribution in [1.29, 1.82) is 5.26 Å². The van der Waals surface area contributed by atoms with Crippen LogP contribution >= 0.6 is 0 Å². The molecule has 17 heavy (non-hydrogen) atoms. The van der Waals surface area contributed by atoms with Gasteiger partial charge in [0.15, 0.2) is 0 Å². The fraction of sp³-hybridized carbons (Fsp3) is 0.222. The number of aryl methyl sites for hydroxylation is 2. The first-order chi connectivity index (χ1) is 8.11. The van der Waals surface area contributed by atoms with Crippen LogP contribution in [0.15, 0.2) is 22.6 Å². The molecule has 0 aromatic carbocycles. The minimum Gasteiger partial charge on any atom is -0.382 e. The number of aromatic nitrogens is 4. The van der Waals surface area contributed by atoms with Crippen molar-refractivity contribution in [3.8, 4) is 6.07 Å². The molecule has 0 saturated carbocycles. The molecule has 2 aromatic rings. The molecule has 0 radical (unpaired) electrons.